The van der Waals surface area contributed by atoms with E-state index in [1.165, 1.54) is 30.0 Å². The molecule has 1 N–H and O–H groups in total. The molecule has 0 spiro atoms. The molecule has 0 heterocycles. The van der Waals surface area contributed by atoms with E-state index in [0.717, 1.165) is 0 Å². The molecule has 24 heavy (non-hydrogen) atoms. The van der Waals surface area contributed by atoms with Crippen LogP contribution in [0.1, 0.15) is 13.3 Å². The minimum atomic E-state index is -0.515. The number of nitrogens with zero attached hydrogens (tertiary/aromatic N) is 1. The zero-order valence-corrected chi connectivity index (χ0v) is 14.4. The Balaban J connectivity index is 2.03. The third-order valence-corrected chi connectivity index (χ3v) is 4.04. The number of hydrogen-bond donors (Lipinski definition) is 1. The lowest BCUT2D eigenvalue weighted by Crippen LogP contribution is -2.32. The van der Waals surface area contributed by atoms with Gasteiger partial charge in [-0.25, -0.2) is 4.39 Å². The highest BCUT2D eigenvalue weighted by Gasteiger charge is 2.15. The van der Waals surface area contributed by atoms with Gasteiger partial charge in [-0.3, -0.25) is 9.59 Å². The first-order valence-electron chi connectivity index (χ1n) is 7.16. The largest absolute Gasteiger partial charge is 0.324 e. The number of amides is 2. The maximum Gasteiger partial charge on any atom is 0.226 e. The van der Waals surface area contributed by atoms with Gasteiger partial charge in [-0.1, -0.05) is 35.3 Å². The molecule has 0 aromatic heterocycles. The highest BCUT2D eigenvalue weighted by molar-refractivity contribution is 6.42. The van der Waals surface area contributed by atoms with Gasteiger partial charge < -0.3 is 10.2 Å². The molecule has 2 aromatic rings. The molecule has 7 heteroatoms. The van der Waals surface area contributed by atoms with Crippen molar-refractivity contribution < 1.29 is 14.0 Å². The van der Waals surface area contributed by atoms with Crippen LogP contribution in [0.5, 0.6) is 0 Å². The summed E-state index contributed by atoms with van der Waals surface area (Å²) in [6.45, 7) is 1.52. The van der Waals surface area contributed by atoms with E-state index in [0.29, 0.717) is 15.7 Å². The second-order valence-corrected chi connectivity index (χ2v) is 5.86. The Bertz CT molecular complexity index is 768. The lowest BCUT2D eigenvalue weighted by molar-refractivity contribution is -0.117. The number of carbonyl (C=O) groups excluding carboxylic acids is 2. The summed E-state index contributed by atoms with van der Waals surface area (Å²) in [7, 11) is 0. The Morgan fingerprint density at radius 2 is 1.83 bits per heavy atom. The molecule has 0 atom stereocenters. The number of para-hydroxylation sites is 1. The van der Waals surface area contributed by atoms with Crippen molar-refractivity contribution in [2.24, 2.45) is 0 Å². The van der Waals surface area contributed by atoms with Crippen molar-refractivity contribution in [3.63, 3.8) is 0 Å². The molecule has 2 aromatic carbocycles. The topological polar surface area (TPSA) is 49.4 Å². The first-order chi connectivity index (χ1) is 11.4. The summed E-state index contributed by atoms with van der Waals surface area (Å²) in [5.41, 5.74) is 0.641. The van der Waals surface area contributed by atoms with Crippen molar-refractivity contribution >= 4 is 46.4 Å². The van der Waals surface area contributed by atoms with Crippen LogP contribution in [0.15, 0.2) is 42.5 Å². The predicted molar refractivity (Wildman–Crippen MR) is 94.1 cm³/mol. The second kappa shape index (κ2) is 8.13. The van der Waals surface area contributed by atoms with E-state index in [1.807, 2.05) is 0 Å². The summed E-state index contributed by atoms with van der Waals surface area (Å²) in [6, 6.07) is 10.7. The number of hydrogen-bond acceptors (Lipinski definition) is 2. The highest BCUT2D eigenvalue weighted by atomic mass is 35.5. The number of carbonyl (C=O) groups is 2. The number of benzene rings is 2. The molecule has 0 saturated heterocycles. The quantitative estimate of drug-likeness (QED) is 0.843. The normalized spacial score (nSPS) is 10.3. The zero-order valence-electron chi connectivity index (χ0n) is 12.9. The molecule has 2 rings (SSSR count). The van der Waals surface area contributed by atoms with E-state index in [4.69, 9.17) is 23.2 Å². The van der Waals surface area contributed by atoms with Gasteiger partial charge in [0.2, 0.25) is 11.8 Å². The number of anilines is 2. The SMILES string of the molecule is CC(=O)N(CCC(=O)Nc1ccccc1F)c1ccc(Cl)c(Cl)c1. The third kappa shape index (κ3) is 4.69. The Morgan fingerprint density at radius 1 is 1.12 bits per heavy atom. The molecule has 0 aliphatic heterocycles. The third-order valence-electron chi connectivity index (χ3n) is 3.31. The van der Waals surface area contributed by atoms with Gasteiger partial charge in [0.05, 0.1) is 15.7 Å². The monoisotopic (exact) mass is 368 g/mol. The molecule has 126 valence electrons. The van der Waals surface area contributed by atoms with Gasteiger partial charge in [0.25, 0.3) is 0 Å². The smallest absolute Gasteiger partial charge is 0.226 e. The molecular formula is C17H15Cl2FN2O2. The van der Waals surface area contributed by atoms with Gasteiger partial charge in [-0.15, -0.1) is 0 Å². The number of halogens is 3. The van der Waals surface area contributed by atoms with Crippen molar-refractivity contribution in [1.82, 2.24) is 0 Å². The summed E-state index contributed by atoms with van der Waals surface area (Å²) in [6.07, 6.45) is 0.00810. The van der Waals surface area contributed by atoms with Gasteiger partial charge in [-0.05, 0) is 30.3 Å². The van der Waals surface area contributed by atoms with Crippen molar-refractivity contribution in [1.29, 1.82) is 0 Å². The summed E-state index contributed by atoms with van der Waals surface area (Å²) < 4.78 is 13.5. The van der Waals surface area contributed by atoms with Gasteiger partial charge in [0, 0.05) is 25.6 Å². The van der Waals surface area contributed by atoms with E-state index in [-0.39, 0.29) is 24.6 Å². The van der Waals surface area contributed by atoms with Crippen LogP contribution in [0.4, 0.5) is 15.8 Å². The van der Waals surface area contributed by atoms with Crippen LogP contribution in [0.3, 0.4) is 0 Å². The summed E-state index contributed by atoms with van der Waals surface area (Å²) in [5.74, 6) is -1.16. The Labute approximate surface area is 149 Å². The second-order valence-electron chi connectivity index (χ2n) is 5.05. The molecule has 0 aliphatic rings. The van der Waals surface area contributed by atoms with Crippen molar-refractivity contribution in [3.8, 4) is 0 Å². The minimum Gasteiger partial charge on any atom is -0.324 e. The Kier molecular flexibility index (Phi) is 6.17. The van der Waals surface area contributed by atoms with E-state index in [1.54, 1.807) is 24.3 Å². The molecule has 0 unspecified atom stereocenters. The van der Waals surface area contributed by atoms with Gasteiger partial charge in [-0.2, -0.15) is 0 Å². The fraction of sp³-hybridized carbons (Fsp3) is 0.176. The average Bonchev–Trinajstić information content (AvgIpc) is 2.53. The van der Waals surface area contributed by atoms with E-state index in [9.17, 15) is 14.0 Å². The molecule has 0 aliphatic carbocycles. The molecule has 4 nitrogen and oxygen atoms in total. The molecule has 0 radical (unpaired) electrons. The average molecular weight is 369 g/mol. The zero-order chi connectivity index (χ0) is 17.7. The van der Waals surface area contributed by atoms with Crippen molar-refractivity contribution in [2.75, 3.05) is 16.8 Å². The lowest BCUT2D eigenvalue weighted by Gasteiger charge is -2.21. The predicted octanol–water partition coefficient (Wildman–Crippen LogP) is 4.51. The maximum atomic E-state index is 13.5. The van der Waals surface area contributed by atoms with Gasteiger partial charge in [0.15, 0.2) is 0 Å². The van der Waals surface area contributed by atoms with Crippen LogP contribution in [-0.2, 0) is 9.59 Å². The molecule has 2 amide bonds. The van der Waals surface area contributed by atoms with Crippen LogP contribution < -0.4 is 10.2 Å². The lowest BCUT2D eigenvalue weighted by atomic mass is 10.2. The summed E-state index contributed by atoms with van der Waals surface area (Å²) >= 11 is 11.8. The van der Waals surface area contributed by atoms with Crippen LogP contribution in [-0.4, -0.2) is 18.4 Å². The first kappa shape index (κ1) is 18.2. The Hall–Kier alpha value is -2.11. The van der Waals surface area contributed by atoms with Crippen LogP contribution in [0.2, 0.25) is 10.0 Å². The number of rotatable bonds is 5. The minimum absolute atomic E-state index is 0.00810. The standard InChI is InChI=1S/C17H15Cl2FN2O2/c1-11(23)22(12-6-7-13(18)14(19)10-12)9-8-17(24)21-16-5-3-2-4-15(16)20/h2-7,10H,8-9H2,1H3,(H,21,24). The fourth-order valence-corrected chi connectivity index (χ4v) is 2.40. The summed E-state index contributed by atoms with van der Waals surface area (Å²) in [5, 5.41) is 3.17. The number of nitrogens with one attached hydrogen (secondary N) is 1. The Morgan fingerprint density at radius 3 is 2.46 bits per heavy atom. The molecular weight excluding hydrogens is 354 g/mol. The first-order valence-corrected chi connectivity index (χ1v) is 7.91. The van der Waals surface area contributed by atoms with Gasteiger partial charge >= 0.3 is 0 Å². The van der Waals surface area contributed by atoms with E-state index in [2.05, 4.69) is 5.32 Å². The van der Waals surface area contributed by atoms with Gasteiger partial charge in [0.1, 0.15) is 5.82 Å². The van der Waals surface area contributed by atoms with Crippen LogP contribution >= 0.6 is 23.2 Å². The van der Waals surface area contributed by atoms with Crippen LogP contribution in [0, 0.1) is 5.82 Å². The molecule has 0 bridgehead atoms. The van der Waals surface area contributed by atoms with E-state index >= 15 is 0 Å². The highest BCUT2D eigenvalue weighted by Crippen LogP contribution is 2.27. The fourth-order valence-electron chi connectivity index (χ4n) is 2.11. The molecule has 0 fully saturated rings. The molecule has 0 saturated carbocycles. The van der Waals surface area contributed by atoms with Crippen molar-refractivity contribution in [2.45, 2.75) is 13.3 Å². The maximum absolute atomic E-state index is 13.5. The van der Waals surface area contributed by atoms with Crippen LogP contribution in [0.25, 0.3) is 0 Å². The van der Waals surface area contributed by atoms with E-state index < -0.39 is 11.7 Å². The van der Waals surface area contributed by atoms with Crippen molar-refractivity contribution in [3.05, 3.63) is 58.3 Å². The summed E-state index contributed by atoms with van der Waals surface area (Å²) in [4.78, 5) is 25.2.